The first-order valence-corrected chi connectivity index (χ1v) is 8.52. The summed E-state index contributed by atoms with van der Waals surface area (Å²) in [6.45, 7) is 0.204. The van der Waals surface area contributed by atoms with Crippen LogP contribution in [0.15, 0.2) is 23.1 Å². The van der Waals surface area contributed by atoms with E-state index in [-0.39, 0.29) is 29.7 Å². The molecule has 1 aliphatic carbocycles. The molecule has 1 aliphatic rings. The highest BCUT2D eigenvalue weighted by molar-refractivity contribution is 7.11. The van der Waals surface area contributed by atoms with Gasteiger partial charge in [0.25, 0.3) is 5.56 Å². The van der Waals surface area contributed by atoms with E-state index in [1.165, 1.54) is 21.8 Å². The summed E-state index contributed by atoms with van der Waals surface area (Å²) in [6.07, 6.45) is 7.09. The van der Waals surface area contributed by atoms with Gasteiger partial charge < -0.3 is 5.11 Å². The lowest BCUT2D eigenvalue weighted by Gasteiger charge is -2.07. The summed E-state index contributed by atoms with van der Waals surface area (Å²) >= 11 is 1.56. The monoisotopic (exact) mass is 355 g/mol. The molecule has 9 heteroatoms. The molecule has 0 amide bonds. The Morgan fingerprint density at radius 1 is 1.40 bits per heavy atom. The fourth-order valence-corrected chi connectivity index (χ4v) is 3.85. The Bertz CT molecular complexity index is 1070. The van der Waals surface area contributed by atoms with E-state index >= 15 is 0 Å². The average molecular weight is 355 g/mol. The summed E-state index contributed by atoms with van der Waals surface area (Å²) in [7, 11) is 0. The number of carbonyl (C=O) groups is 1. The maximum absolute atomic E-state index is 12.7. The lowest BCUT2D eigenvalue weighted by atomic mass is 10.1. The van der Waals surface area contributed by atoms with Crippen molar-refractivity contribution in [3.8, 4) is 0 Å². The van der Waals surface area contributed by atoms with E-state index < -0.39 is 5.97 Å². The van der Waals surface area contributed by atoms with Crippen LogP contribution >= 0.6 is 11.3 Å². The van der Waals surface area contributed by atoms with E-state index in [2.05, 4.69) is 26.4 Å². The van der Waals surface area contributed by atoms with Gasteiger partial charge >= 0.3 is 5.97 Å². The van der Waals surface area contributed by atoms with Gasteiger partial charge in [-0.25, -0.2) is 9.67 Å². The molecule has 0 aromatic carbocycles. The first kappa shape index (κ1) is 15.6. The Morgan fingerprint density at radius 2 is 2.28 bits per heavy atom. The topological polar surface area (TPSA) is 111 Å². The molecule has 3 heterocycles. The summed E-state index contributed by atoms with van der Waals surface area (Å²) < 4.78 is 1.26. The number of fused-ring (bicyclic) bond motifs is 2. The predicted octanol–water partition coefficient (Wildman–Crippen LogP) is 1.28. The zero-order valence-corrected chi connectivity index (χ0v) is 13.9. The number of hydrogen-bond donors (Lipinski definition) is 1. The smallest absolute Gasteiger partial charge is 0.309 e. The molecule has 1 N–H and O–H groups in total. The number of allylic oxidation sites excluding steroid dienone is 1. The maximum Gasteiger partial charge on any atom is 0.309 e. The lowest BCUT2D eigenvalue weighted by Crippen LogP contribution is -2.26. The van der Waals surface area contributed by atoms with Crippen LogP contribution in [0, 0.1) is 0 Å². The molecule has 0 bridgehead atoms. The van der Waals surface area contributed by atoms with E-state index in [0.29, 0.717) is 5.39 Å². The van der Waals surface area contributed by atoms with Crippen molar-refractivity contribution < 1.29 is 9.90 Å². The Hall–Kier alpha value is -2.94. The first-order valence-electron chi connectivity index (χ1n) is 7.70. The van der Waals surface area contributed by atoms with Crippen LogP contribution in [0.3, 0.4) is 0 Å². The fourth-order valence-electron chi connectivity index (χ4n) is 2.79. The second-order valence-electron chi connectivity index (χ2n) is 5.63. The fraction of sp³-hybridized carbons (Fsp3) is 0.250. The number of carboxylic acid groups (broad SMARTS) is 1. The lowest BCUT2D eigenvalue weighted by molar-refractivity contribution is -0.136. The van der Waals surface area contributed by atoms with Gasteiger partial charge in [0.2, 0.25) is 0 Å². The third-order valence-electron chi connectivity index (χ3n) is 3.89. The van der Waals surface area contributed by atoms with Crippen molar-refractivity contribution in [2.75, 3.05) is 0 Å². The molecule has 0 spiro atoms. The first-order chi connectivity index (χ1) is 12.1. The second kappa shape index (κ2) is 6.17. The highest BCUT2D eigenvalue weighted by Crippen LogP contribution is 2.25. The van der Waals surface area contributed by atoms with E-state index in [4.69, 9.17) is 5.11 Å². The molecule has 0 saturated carbocycles. The average Bonchev–Trinajstić information content (AvgIpc) is 3.01. The zero-order valence-electron chi connectivity index (χ0n) is 13.0. The molecule has 0 saturated heterocycles. The van der Waals surface area contributed by atoms with Crippen LogP contribution in [0.5, 0.6) is 0 Å². The minimum atomic E-state index is -1.04. The summed E-state index contributed by atoms with van der Waals surface area (Å²) in [6, 6.07) is 1.53. The van der Waals surface area contributed by atoms with Crippen LogP contribution in [-0.4, -0.2) is 36.0 Å². The Labute approximate surface area is 145 Å². The van der Waals surface area contributed by atoms with Crippen molar-refractivity contribution in [1.29, 1.82) is 0 Å². The van der Waals surface area contributed by atoms with Gasteiger partial charge in [-0.1, -0.05) is 6.08 Å². The van der Waals surface area contributed by atoms with Crippen molar-refractivity contribution in [2.45, 2.75) is 25.8 Å². The third kappa shape index (κ3) is 2.93. The minimum Gasteiger partial charge on any atom is -0.481 e. The number of hydrogen-bond acceptors (Lipinski definition) is 7. The van der Waals surface area contributed by atoms with Gasteiger partial charge in [0.15, 0.2) is 0 Å². The standard InChI is InChI=1S/C16H13N5O3S/c22-14(23)7-11-15-9(5-6-17-19-15)16(24)21(20-11)8-13-18-10-3-1-2-4-12(10)25-13/h1,3,5-6H,2,4,7-8H2,(H,22,23). The van der Waals surface area contributed by atoms with Crippen LogP contribution in [0.25, 0.3) is 17.0 Å². The summed E-state index contributed by atoms with van der Waals surface area (Å²) in [5.41, 5.74) is 1.06. The Balaban J connectivity index is 1.80. The molecule has 0 aliphatic heterocycles. The van der Waals surface area contributed by atoms with E-state index in [1.807, 2.05) is 6.08 Å². The van der Waals surface area contributed by atoms with E-state index in [1.54, 1.807) is 11.3 Å². The number of aliphatic carboxylic acids is 1. The molecular formula is C16H13N5O3S. The third-order valence-corrected chi connectivity index (χ3v) is 5.01. The zero-order chi connectivity index (χ0) is 17.4. The molecule has 8 nitrogen and oxygen atoms in total. The highest BCUT2D eigenvalue weighted by Gasteiger charge is 2.17. The summed E-state index contributed by atoms with van der Waals surface area (Å²) in [5.74, 6) is -1.04. The Morgan fingerprint density at radius 3 is 3.08 bits per heavy atom. The number of rotatable bonds is 4. The SMILES string of the molecule is O=C(O)Cc1nn(Cc2nc3c(s2)CCC=C3)c(=O)c2ccnnc12. The molecule has 126 valence electrons. The number of nitrogens with zero attached hydrogens (tertiary/aromatic N) is 5. The van der Waals surface area contributed by atoms with Gasteiger partial charge in [0.05, 0.1) is 30.2 Å². The van der Waals surface area contributed by atoms with Crippen molar-refractivity contribution in [3.05, 3.63) is 50.0 Å². The van der Waals surface area contributed by atoms with Crippen molar-refractivity contribution in [1.82, 2.24) is 25.0 Å². The van der Waals surface area contributed by atoms with Crippen LogP contribution < -0.4 is 5.56 Å². The number of carboxylic acids is 1. The number of aromatic nitrogens is 5. The second-order valence-corrected chi connectivity index (χ2v) is 6.80. The molecule has 0 radical (unpaired) electrons. The van der Waals surface area contributed by atoms with Crippen molar-refractivity contribution >= 4 is 34.3 Å². The van der Waals surface area contributed by atoms with Crippen LogP contribution in [0.2, 0.25) is 0 Å². The van der Waals surface area contributed by atoms with Gasteiger partial charge in [-0.05, 0) is 25.0 Å². The van der Waals surface area contributed by atoms with E-state index in [9.17, 15) is 9.59 Å². The quantitative estimate of drug-likeness (QED) is 0.750. The van der Waals surface area contributed by atoms with Gasteiger partial charge in [-0.3, -0.25) is 9.59 Å². The number of aryl methyl sites for hydroxylation is 1. The molecule has 3 aromatic rings. The molecule has 25 heavy (non-hydrogen) atoms. The van der Waals surface area contributed by atoms with Crippen molar-refractivity contribution in [2.24, 2.45) is 0 Å². The van der Waals surface area contributed by atoms with Crippen LogP contribution in [0.4, 0.5) is 0 Å². The van der Waals surface area contributed by atoms with Gasteiger partial charge in [0.1, 0.15) is 16.2 Å². The molecule has 0 atom stereocenters. The Kier molecular flexibility index (Phi) is 3.85. The maximum atomic E-state index is 12.7. The van der Waals surface area contributed by atoms with Gasteiger partial charge in [-0.2, -0.15) is 10.2 Å². The molecular weight excluding hydrogens is 342 g/mol. The van der Waals surface area contributed by atoms with E-state index in [0.717, 1.165) is 23.5 Å². The van der Waals surface area contributed by atoms with Gasteiger partial charge in [-0.15, -0.1) is 16.4 Å². The predicted molar refractivity (Wildman–Crippen MR) is 91.5 cm³/mol. The molecule has 4 rings (SSSR count). The normalized spacial score (nSPS) is 13.1. The molecule has 0 fully saturated rings. The van der Waals surface area contributed by atoms with Crippen LogP contribution in [-0.2, 0) is 24.2 Å². The largest absolute Gasteiger partial charge is 0.481 e. The van der Waals surface area contributed by atoms with Crippen LogP contribution in [0.1, 0.15) is 27.7 Å². The van der Waals surface area contributed by atoms with Gasteiger partial charge in [0, 0.05) is 4.88 Å². The molecule has 0 unspecified atom stereocenters. The van der Waals surface area contributed by atoms with Crippen molar-refractivity contribution in [3.63, 3.8) is 0 Å². The number of thiazole rings is 1. The minimum absolute atomic E-state index is 0.204. The summed E-state index contributed by atoms with van der Waals surface area (Å²) in [4.78, 5) is 29.5. The highest BCUT2D eigenvalue weighted by atomic mass is 32.1. The molecule has 3 aromatic heterocycles. The summed E-state index contributed by atoms with van der Waals surface area (Å²) in [5, 5.41) is 22.0.